The number of aromatic nitrogens is 2. The molecule has 1 saturated heterocycles. The van der Waals surface area contributed by atoms with Crippen LogP contribution in [0.15, 0.2) is 61.2 Å². The van der Waals surface area contributed by atoms with Crippen LogP contribution in [0.2, 0.25) is 0 Å². The number of nitrogens with zero attached hydrogens (tertiary/aromatic N) is 3. The molecule has 1 aliphatic heterocycles. The molecule has 2 heterocycles. The molecule has 3 aromatic rings. The van der Waals surface area contributed by atoms with E-state index >= 15 is 0 Å². The van der Waals surface area contributed by atoms with Crippen LogP contribution in [0.3, 0.4) is 0 Å². The molecule has 4 rings (SSSR count). The van der Waals surface area contributed by atoms with E-state index in [4.69, 9.17) is 18.9 Å². The van der Waals surface area contributed by atoms with Crippen LogP contribution >= 0.6 is 0 Å². The summed E-state index contributed by atoms with van der Waals surface area (Å²) in [5.74, 6) is 2.18. The average Bonchev–Trinajstić information content (AvgIpc) is 3.30. The summed E-state index contributed by atoms with van der Waals surface area (Å²) in [6, 6.07) is 13.8. The summed E-state index contributed by atoms with van der Waals surface area (Å²) in [4.78, 5) is 6.26. The second kappa shape index (κ2) is 12.1. The number of methoxy groups -OCH3 is 1. The molecular formula is C27H35N3O5. The number of aryl methyl sites for hydroxylation is 2. The molecule has 2 aromatic carbocycles. The van der Waals surface area contributed by atoms with Crippen LogP contribution in [0.1, 0.15) is 17.5 Å². The first kappa shape index (κ1) is 25.0. The van der Waals surface area contributed by atoms with Gasteiger partial charge in [0.2, 0.25) is 0 Å². The molecule has 0 amide bonds. The smallest absolute Gasteiger partial charge is 0.161 e. The van der Waals surface area contributed by atoms with Gasteiger partial charge in [-0.2, -0.15) is 0 Å². The van der Waals surface area contributed by atoms with Crippen molar-refractivity contribution in [2.45, 2.75) is 32.0 Å². The molecule has 35 heavy (non-hydrogen) atoms. The van der Waals surface area contributed by atoms with Crippen LogP contribution < -0.4 is 14.2 Å². The molecule has 0 bridgehead atoms. The van der Waals surface area contributed by atoms with Crippen LogP contribution in [-0.4, -0.2) is 71.8 Å². The molecular weight excluding hydrogens is 446 g/mol. The summed E-state index contributed by atoms with van der Waals surface area (Å²) >= 11 is 0. The minimum atomic E-state index is -1.10. The quantitative estimate of drug-likeness (QED) is 0.421. The highest BCUT2D eigenvalue weighted by Gasteiger charge is 2.33. The molecule has 0 saturated carbocycles. The maximum atomic E-state index is 11.2. The lowest BCUT2D eigenvalue weighted by Gasteiger charge is -2.30. The molecule has 8 nitrogen and oxygen atoms in total. The number of imidazole rings is 1. The maximum absolute atomic E-state index is 11.2. The largest absolute Gasteiger partial charge is 0.493 e. The van der Waals surface area contributed by atoms with Crippen LogP contribution in [0.4, 0.5) is 0 Å². The van der Waals surface area contributed by atoms with E-state index in [-0.39, 0.29) is 13.2 Å². The van der Waals surface area contributed by atoms with Gasteiger partial charge in [0.15, 0.2) is 11.5 Å². The van der Waals surface area contributed by atoms with Crippen LogP contribution in [0.5, 0.6) is 17.2 Å². The van der Waals surface area contributed by atoms with E-state index in [1.165, 1.54) is 0 Å². The summed E-state index contributed by atoms with van der Waals surface area (Å²) in [6.07, 6.45) is 6.39. The van der Waals surface area contributed by atoms with Gasteiger partial charge in [0.05, 0.1) is 33.3 Å². The zero-order valence-corrected chi connectivity index (χ0v) is 20.6. The van der Waals surface area contributed by atoms with Gasteiger partial charge >= 0.3 is 0 Å². The number of aliphatic hydroxyl groups is 1. The van der Waals surface area contributed by atoms with E-state index in [1.54, 1.807) is 19.6 Å². The third-order valence-electron chi connectivity index (χ3n) is 5.95. The van der Waals surface area contributed by atoms with Crippen LogP contribution in [0.25, 0.3) is 0 Å². The minimum absolute atomic E-state index is 0.168. The molecule has 1 N–H and O–H groups in total. The van der Waals surface area contributed by atoms with E-state index in [2.05, 4.69) is 9.88 Å². The number of benzene rings is 2. The molecule has 0 aliphatic carbocycles. The molecule has 1 aromatic heterocycles. The van der Waals surface area contributed by atoms with Crippen molar-refractivity contribution in [3.8, 4) is 17.2 Å². The first-order valence-corrected chi connectivity index (χ1v) is 12.0. The van der Waals surface area contributed by atoms with Crippen molar-refractivity contribution < 1.29 is 24.1 Å². The Labute approximate surface area is 207 Å². The lowest BCUT2D eigenvalue weighted by atomic mass is 10.1. The zero-order valence-electron chi connectivity index (χ0n) is 20.6. The Morgan fingerprint density at radius 3 is 2.86 bits per heavy atom. The molecule has 1 aliphatic rings. The van der Waals surface area contributed by atoms with Gasteiger partial charge in [0.25, 0.3) is 0 Å². The van der Waals surface area contributed by atoms with E-state index in [0.29, 0.717) is 32.1 Å². The SMILES string of the molecule is COc1ccc(CN2CCOC[C@@](O)(COc3cccc(C)c3)C2)cc1OCCCn1ccnc1. The minimum Gasteiger partial charge on any atom is -0.493 e. The Hall–Kier alpha value is -3.07. The summed E-state index contributed by atoms with van der Waals surface area (Å²) in [6.45, 7) is 6.23. The fraction of sp³-hybridized carbons (Fsp3) is 0.444. The van der Waals surface area contributed by atoms with E-state index in [9.17, 15) is 5.11 Å². The van der Waals surface area contributed by atoms with Crippen molar-refractivity contribution in [1.29, 1.82) is 0 Å². The first-order chi connectivity index (χ1) is 17.0. The second-order valence-corrected chi connectivity index (χ2v) is 9.08. The fourth-order valence-electron chi connectivity index (χ4n) is 4.18. The van der Waals surface area contributed by atoms with Gasteiger partial charge < -0.3 is 28.6 Å². The number of ether oxygens (including phenoxy) is 4. The van der Waals surface area contributed by atoms with Crippen LogP contribution in [-0.2, 0) is 17.8 Å². The number of hydrogen-bond acceptors (Lipinski definition) is 7. The van der Waals surface area contributed by atoms with Gasteiger partial charge in [-0.05, 0) is 48.7 Å². The van der Waals surface area contributed by atoms with Crippen molar-refractivity contribution in [2.24, 2.45) is 0 Å². The van der Waals surface area contributed by atoms with Crippen molar-refractivity contribution in [3.05, 3.63) is 72.3 Å². The summed E-state index contributed by atoms with van der Waals surface area (Å²) < 4.78 is 25.2. The Morgan fingerprint density at radius 1 is 1.14 bits per heavy atom. The van der Waals surface area contributed by atoms with Crippen molar-refractivity contribution in [1.82, 2.24) is 14.5 Å². The van der Waals surface area contributed by atoms with Gasteiger partial charge in [0, 0.05) is 38.6 Å². The topological polar surface area (TPSA) is 78.2 Å². The maximum Gasteiger partial charge on any atom is 0.161 e. The molecule has 188 valence electrons. The van der Waals surface area contributed by atoms with Gasteiger partial charge in [-0.1, -0.05) is 18.2 Å². The predicted octanol–water partition coefficient (Wildman–Crippen LogP) is 3.31. The number of β-amino-alcohol motifs (C(OH)–C–C–N with tert-alkyl or cyclic N) is 1. The molecule has 0 spiro atoms. The van der Waals surface area contributed by atoms with E-state index in [0.717, 1.165) is 42.1 Å². The predicted molar refractivity (Wildman–Crippen MR) is 133 cm³/mol. The Kier molecular flexibility index (Phi) is 8.63. The van der Waals surface area contributed by atoms with Crippen LogP contribution in [0, 0.1) is 6.92 Å². The summed E-state index contributed by atoms with van der Waals surface area (Å²) in [5.41, 5.74) is 1.10. The Balaban J connectivity index is 1.35. The molecule has 1 fully saturated rings. The zero-order chi connectivity index (χ0) is 24.5. The highest BCUT2D eigenvalue weighted by molar-refractivity contribution is 5.43. The van der Waals surface area contributed by atoms with Crippen molar-refractivity contribution in [2.75, 3.05) is 46.6 Å². The lowest BCUT2D eigenvalue weighted by molar-refractivity contribution is -0.0646. The highest BCUT2D eigenvalue weighted by atomic mass is 16.5. The highest BCUT2D eigenvalue weighted by Crippen LogP contribution is 2.29. The monoisotopic (exact) mass is 481 g/mol. The second-order valence-electron chi connectivity index (χ2n) is 9.08. The molecule has 8 heteroatoms. The lowest BCUT2D eigenvalue weighted by Crippen LogP contribution is -2.48. The molecule has 1 atom stereocenters. The van der Waals surface area contributed by atoms with Crippen molar-refractivity contribution >= 4 is 0 Å². The van der Waals surface area contributed by atoms with Gasteiger partial charge in [-0.25, -0.2) is 4.98 Å². The van der Waals surface area contributed by atoms with Gasteiger partial charge in [-0.3, -0.25) is 4.90 Å². The van der Waals surface area contributed by atoms with E-state index in [1.807, 2.05) is 60.2 Å². The first-order valence-electron chi connectivity index (χ1n) is 12.0. The fourth-order valence-corrected chi connectivity index (χ4v) is 4.18. The summed E-state index contributed by atoms with van der Waals surface area (Å²) in [5, 5.41) is 11.2. The Bertz CT molecular complexity index is 1060. The molecule has 0 unspecified atom stereocenters. The van der Waals surface area contributed by atoms with E-state index < -0.39 is 5.60 Å². The number of hydrogen-bond donors (Lipinski definition) is 1. The number of rotatable bonds is 11. The third kappa shape index (κ3) is 7.45. The van der Waals surface area contributed by atoms with Gasteiger partial charge in [0.1, 0.15) is 18.0 Å². The van der Waals surface area contributed by atoms with Crippen molar-refractivity contribution in [3.63, 3.8) is 0 Å². The average molecular weight is 482 g/mol. The standard InChI is InChI=1S/C27H35N3O5/c1-22-5-3-6-24(15-22)35-20-27(31)18-30(12-14-33-19-27)17-23-7-8-25(32-2)26(16-23)34-13-4-10-29-11-9-28-21-29/h3,5-9,11,15-16,21,31H,4,10,12-14,17-20H2,1-2H3/t27-/m1/s1. The normalized spacial score (nSPS) is 18.7. The Morgan fingerprint density at radius 2 is 2.06 bits per heavy atom. The third-order valence-corrected chi connectivity index (χ3v) is 5.95. The summed E-state index contributed by atoms with van der Waals surface area (Å²) in [7, 11) is 1.65. The van der Waals surface area contributed by atoms with Gasteiger partial charge in [-0.15, -0.1) is 0 Å². The molecule has 0 radical (unpaired) electrons.